The lowest BCUT2D eigenvalue weighted by Crippen LogP contribution is -2.53. The van der Waals surface area contributed by atoms with Crippen LogP contribution < -0.4 is 0 Å². The predicted octanol–water partition coefficient (Wildman–Crippen LogP) is 2.41. The van der Waals surface area contributed by atoms with Crippen LogP contribution in [0.4, 0.5) is 0 Å². The average molecular weight is 274 g/mol. The van der Waals surface area contributed by atoms with Crippen LogP contribution in [-0.2, 0) is 5.41 Å². The third-order valence-electron chi connectivity index (χ3n) is 4.19. The minimum absolute atomic E-state index is 0.0192. The summed E-state index contributed by atoms with van der Waals surface area (Å²) in [7, 11) is 4.12. The van der Waals surface area contributed by atoms with Gasteiger partial charge in [-0.3, -0.25) is 9.69 Å². The molecule has 0 bridgehead atoms. The van der Waals surface area contributed by atoms with Crippen molar-refractivity contribution >= 4 is 5.78 Å². The number of ketones is 1. The summed E-state index contributed by atoms with van der Waals surface area (Å²) in [6, 6.07) is 8.10. The smallest absolute Gasteiger partial charge is 0.181 e. The molecule has 3 heteroatoms. The minimum atomic E-state index is -0.0192. The molecule has 0 N–H and O–H groups in total. The van der Waals surface area contributed by atoms with Gasteiger partial charge in [0.2, 0.25) is 0 Å². The molecule has 0 aliphatic carbocycles. The molecule has 1 aliphatic rings. The van der Waals surface area contributed by atoms with E-state index in [0.29, 0.717) is 0 Å². The molecule has 0 amide bonds. The maximum Gasteiger partial charge on any atom is 0.181 e. The molecule has 1 unspecified atom stereocenters. The summed E-state index contributed by atoms with van der Waals surface area (Å²) < 4.78 is 0. The molecule has 1 fully saturated rings. The van der Waals surface area contributed by atoms with Crippen LogP contribution in [0.5, 0.6) is 0 Å². The van der Waals surface area contributed by atoms with Crippen molar-refractivity contribution in [3.63, 3.8) is 0 Å². The summed E-state index contributed by atoms with van der Waals surface area (Å²) in [6.45, 7) is 9.36. The van der Waals surface area contributed by atoms with Gasteiger partial charge < -0.3 is 4.90 Å². The van der Waals surface area contributed by atoms with Gasteiger partial charge in [0.05, 0.1) is 6.04 Å². The number of piperazine rings is 1. The van der Waals surface area contributed by atoms with Crippen LogP contribution in [0.25, 0.3) is 0 Å². The van der Waals surface area contributed by atoms with Crippen molar-refractivity contribution < 1.29 is 4.79 Å². The third kappa shape index (κ3) is 3.28. The zero-order chi connectivity index (χ0) is 14.9. The number of carbonyl (C=O) groups is 1. The van der Waals surface area contributed by atoms with Gasteiger partial charge in [0, 0.05) is 25.2 Å². The van der Waals surface area contributed by atoms with E-state index in [4.69, 9.17) is 0 Å². The molecule has 0 spiro atoms. The first-order valence-electron chi connectivity index (χ1n) is 7.32. The molecule has 0 aromatic heterocycles. The second-order valence-corrected chi connectivity index (χ2v) is 6.95. The molecule has 0 saturated carbocycles. The fourth-order valence-electron chi connectivity index (χ4n) is 2.62. The van der Waals surface area contributed by atoms with Gasteiger partial charge in [-0.2, -0.15) is 0 Å². The number of hydrogen-bond acceptors (Lipinski definition) is 3. The Labute approximate surface area is 122 Å². The van der Waals surface area contributed by atoms with Crippen LogP contribution in [0.15, 0.2) is 24.3 Å². The first-order valence-corrected chi connectivity index (χ1v) is 7.32. The number of carbonyl (C=O) groups excluding carboxylic acids is 1. The van der Waals surface area contributed by atoms with E-state index in [2.05, 4.69) is 49.8 Å². The van der Waals surface area contributed by atoms with E-state index < -0.39 is 0 Å². The van der Waals surface area contributed by atoms with E-state index in [0.717, 1.165) is 25.2 Å². The fraction of sp³-hybridized carbons (Fsp3) is 0.588. The van der Waals surface area contributed by atoms with E-state index in [9.17, 15) is 4.79 Å². The Balaban J connectivity index is 2.16. The maximum absolute atomic E-state index is 12.6. The van der Waals surface area contributed by atoms with Gasteiger partial charge in [-0.25, -0.2) is 0 Å². The predicted molar refractivity (Wildman–Crippen MR) is 83.4 cm³/mol. The van der Waals surface area contributed by atoms with Crippen molar-refractivity contribution in [2.24, 2.45) is 0 Å². The summed E-state index contributed by atoms with van der Waals surface area (Å²) >= 11 is 0. The number of rotatable bonds is 2. The lowest BCUT2D eigenvalue weighted by Gasteiger charge is -2.36. The van der Waals surface area contributed by atoms with Gasteiger partial charge in [0.15, 0.2) is 5.78 Å². The standard InChI is InChI=1S/C17H26N2O/c1-17(2,3)14-8-6-13(7-9-14)16(20)15-12-18(4)10-11-19(15)5/h6-9,15H,10-12H2,1-5H3. The SMILES string of the molecule is CN1CCN(C)C(C(=O)c2ccc(C(C)(C)C)cc2)C1. The minimum Gasteiger partial charge on any atom is -0.303 e. The zero-order valence-electron chi connectivity index (χ0n) is 13.3. The largest absolute Gasteiger partial charge is 0.303 e. The molecular weight excluding hydrogens is 248 g/mol. The third-order valence-corrected chi connectivity index (χ3v) is 4.19. The summed E-state index contributed by atoms with van der Waals surface area (Å²) in [5.41, 5.74) is 2.22. The van der Waals surface area contributed by atoms with Crippen molar-refractivity contribution in [2.75, 3.05) is 33.7 Å². The molecule has 1 aromatic rings. The first kappa shape index (κ1) is 15.2. The van der Waals surface area contributed by atoms with Crippen LogP contribution in [0, 0.1) is 0 Å². The van der Waals surface area contributed by atoms with Crippen LogP contribution in [-0.4, -0.2) is 55.4 Å². The van der Waals surface area contributed by atoms with E-state index >= 15 is 0 Å². The highest BCUT2D eigenvalue weighted by atomic mass is 16.1. The molecular formula is C17H26N2O. The number of benzene rings is 1. The highest BCUT2D eigenvalue weighted by molar-refractivity contribution is 6.00. The number of Topliss-reactive ketones (excluding diaryl/α,β-unsaturated/α-hetero) is 1. The monoisotopic (exact) mass is 274 g/mol. The number of likely N-dealkylation sites (N-methyl/N-ethyl adjacent to an activating group) is 2. The number of hydrogen-bond donors (Lipinski definition) is 0. The van der Waals surface area contributed by atoms with E-state index in [1.807, 2.05) is 19.2 Å². The maximum atomic E-state index is 12.6. The van der Waals surface area contributed by atoms with Gasteiger partial charge in [0.25, 0.3) is 0 Å². The molecule has 110 valence electrons. The molecule has 1 aromatic carbocycles. The highest BCUT2D eigenvalue weighted by Gasteiger charge is 2.29. The first-order chi connectivity index (χ1) is 9.29. The molecule has 20 heavy (non-hydrogen) atoms. The second-order valence-electron chi connectivity index (χ2n) is 6.95. The van der Waals surface area contributed by atoms with Crippen LogP contribution >= 0.6 is 0 Å². The molecule has 3 nitrogen and oxygen atoms in total. The number of nitrogens with zero attached hydrogens (tertiary/aromatic N) is 2. The Morgan fingerprint density at radius 1 is 1.10 bits per heavy atom. The van der Waals surface area contributed by atoms with Crippen molar-refractivity contribution in [1.29, 1.82) is 0 Å². The Kier molecular flexibility index (Phi) is 4.31. The van der Waals surface area contributed by atoms with Crippen molar-refractivity contribution in [3.05, 3.63) is 35.4 Å². The molecule has 1 saturated heterocycles. The normalized spacial score (nSPS) is 21.9. The Bertz CT molecular complexity index is 473. The summed E-state index contributed by atoms with van der Waals surface area (Å²) in [6.07, 6.45) is 0. The quantitative estimate of drug-likeness (QED) is 0.774. The summed E-state index contributed by atoms with van der Waals surface area (Å²) in [5, 5.41) is 0. The molecule has 0 radical (unpaired) electrons. The van der Waals surface area contributed by atoms with Crippen LogP contribution in [0.3, 0.4) is 0 Å². The van der Waals surface area contributed by atoms with Crippen molar-refractivity contribution in [1.82, 2.24) is 9.80 Å². The van der Waals surface area contributed by atoms with Crippen molar-refractivity contribution in [2.45, 2.75) is 32.2 Å². The average Bonchev–Trinajstić information content (AvgIpc) is 2.40. The molecule has 2 rings (SSSR count). The van der Waals surface area contributed by atoms with E-state index in [1.165, 1.54) is 5.56 Å². The lowest BCUT2D eigenvalue weighted by atomic mass is 9.86. The van der Waals surface area contributed by atoms with Crippen LogP contribution in [0.2, 0.25) is 0 Å². The second kappa shape index (κ2) is 5.66. The Hall–Kier alpha value is -1.19. The van der Waals surface area contributed by atoms with E-state index in [1.54, 1.807) is 0 Å². The molecule has 1 heterocycles. The van der Waals surface area contributed by atoms with Gasteiger partial charge in [0.1, 0.15) is 0 Å². The molecule has 1 aliphatic heterocycles. The van der Waals surface area contributed by atoms with Gasteiger partial charge in [-0.1, -0.05) is 45.0 Å². The van der Waals surface area contributed by atoms with Crippen LogP contribution in [0.1, 0.15) is 36.7 Å². The van der Waals surface area contributed by atoms with Gasteiger partial charge >= 0.3 is 0 Å². The Morgan fingerprint density at radius 2 is 1.70 bits per heavy atom. The van der Waals surface area contributed by atoms with Gasteiger partial charge in [-0.05, 0) is 25.1 Å². The summed E-state index contributed by atoms with van der Waals surface area (Å²) in [4.78, 5) is 17.0. The van der Waals surface area contributed by atoms with E-state index in [-0.39, 0.29) is 17.2 Å². The highest BCUT2D eigenvalue weighted by Crippen LogP contribution is 2.23. The Morgan fingerprint density at radius 3 is 2.25 bits per heavy atom. The zero-order valence-corrected chi connectivity index (χ0v) is 13.3. The fourth-order valence-corrected chi connectivity index (χ4v) is 2.62. The van der Waals surface area contributed by atoms with Gasteiger partial charge in [-0.15, -0.1) is 0 Å². The molecule has 1 atom stereocenters. The van der Waals surface area contributed by atoms with Crippen molar-refractivity contribution in [3.8, 4) is 0 Å². The lowest BCUT2D eigenvalue weighted by molar-refractivity contribution is 0.0686. The topological polar surface area (TPSA) is 23.6 Å². The summed E-state index contributed by atoms with van der Waals surface area (Å²) in [5.74, 6) is 0.236.